The molecule has 2 aromatic carbocycles. The van der Waals surface area contributed by atoms with Gasteiger partial charge in [-0.3, -0.25) is 15.2 Å². The van der Waals surface area contributed by atoms with Crippen LogP contribution in [0.1, 0.15) is 10.4 Å². The molecule has 5 nitrogen and oxygen atoms in total. The van der Waals surface area contributed by atoms with E-state index in [1.807, 2.05) is 41.4 Å². The van der Waals surface area contributed by atoms with Gasteiger partial charge in [-0.2, -0.15) is 0 Å². The summed E-state index contributed by atoms with van der Waals surface area (Å²) < 4.78 is 0. The molecule has 0 aliphatic carbocycles. The second kappa shape index (κ2) is 7.30. The fourth-order valence-electron chi connectivity index (χ4n) is 3.33. The molecule has 1 aliphatic rings. The molecule has 0 unspecified atom stereocenters. The van der Waals surface area contributed by atoms with Gasteiger partial charge in [0.05, 0.1) is 21.6 Å². The Hall–Kier alpha value is -2.67. The molecule has 2 N–H and O–H groups in total. The summed E-state index contributed by atoms with van der Waals surface area (Å²) >= 11 is 14.2. The fraction of sp³-hybridized carbons (Fsp3) is 0.0476. The number of aromatic nitrogens is 2. The average molecular weight is 441 g/mol. The highest BCUT2D eigenvalue weighted by atomic mass is 35.5. The first kappa shape index (κ1) is 18.4. The predicted octanol–water partition coefficient (Wildman–Crippen LogP) is 5.75. The van der Waals surface area contributed by atoms with Gasteiger partial charge < -0.3 is 4.98 Å². The summed E-state index contributed by atoms with van der Waals surface area (Å²) in [5.74, 6) is 0.439. The molecule has 8 heteroatoms. The third-order valence-electron chi connectivity index (χ3n) is 4.73. The molecule has 3 heterocycles. The van der Waals surface area contributed by atoms with Crippen molar-refractivity contribution in [2.24, 2.45) is 0 Å². The van der Waals surface area contributed by atoms with Gasteiger partial charge in [-0.05, 0) is 42.5 Å². The molecule has 1 amide bonds. The number of carbonyl (C=O) groups is 1. The number of carbonyl (C=O) groups excluding carboxylic acids is 1. The number of halogens is 2. The van der Waals surface area contributed by atoms with Crippen LogP contribution in [0.3, 0.4) is 0 Å². The Labute approximate surface area is 181 Å². The number of hydrogen-bond donors (Lipinski definition) is 2. The van der Waals surface area contributed by atoms with E-state index in [2.05, 4.69) is 15.4 Å². The molecule has 5 rings (SSSR count). The largest absolute Gasteiger partial charge is 0.354 e. The molecule has 1 aliphatic heterocycles. The van der Waals surface area contributed by atoms with Gasteiger partial charge in [-0.15, -0.1) is 0 Å². The van der Waals surface area contributed by atoms with E-state index in [9.17, 15) is 4.79 Å². The molecule has 0 spiro atoms. The maximum atomic E-state index is 12.8. The molecule has 144 valence electrons. The average Bonchev–Trinajstić information content (AvgIpc) is 3.31. The van der Waals surface area contributed by atoms with Gasteiger partial charge in [0.15, 0.2) is 0 Å². The zero-order valence-corrected chi connectivity index (χ0v) is 17.3. The number of pyridine rings is 1. The number of H-pyrrole nitrogens is 1. The van der Waals surface area contributed by atoms with Crippen molar-refractivity contribution in [2.75, 3.05) is 10.9 Å². The summed E-state index contributed by atoms with van der Waals surface area (Å²) in [6.07, 6.45) is 1.75. The molecule has 0 fully saturated rings. The van der Waals surface area contributed by atoms with Crippen LogP contribution in [-0.2, 0) is 0 Å². The van der Waals surface area contributed by atoms with Crippen LogP contribution in [0.5, 0.6) is 0 Å². The highest BCUT2D eigenvalue weighted by Gasteiger charge is 2.22. The van der Waals surface area contributed by atoms with Gasteiger partial charge in [0.1, 0.15) is 5.03 Å². The summed E-state index contributed by atoms with van der Waals surface area (Å²) in [5.41, 5.74) is 6.80. The summed E-state index contributed by atoms with van der Waals surface area (Å²) in [6.45, 7) is 0. The lowest BCUT2D eigenvalue weighted by atomic mass is 10.1. The lowest BCUT2D eigenvalue weighted by Gasteiger charge is -2.19. The maximum absolute atomic E-state index is 12.8. The Morgan fingerprint density at radius 2 is 1.93 bits per heavy atom. The molecule has 2 aromatic heterocycles. The van der Waals surface area contributed by atoms with Crippen molar-refractivity contribution in [3.8, 4) is 11.3 Å². The number of hydrogen-bond acceptors (Lipinski definition) is 4. The van der Waals surface area contributed by atoms with E-state index in [0.717, 1.165) is 32.9 Å². The van der Waals surface area contributed by atoms with Crippen LogP contribution >= 0.6 is 35.0 Å². The first-order valence-electron chi connectivity index (χ1n) is 8.83. The molecule has 0 saturated heterocycles. The number of nitrogens with one attached hydrogen (secondary N) is 2. The molecule has 0 bridgehead atoms. The highest BCUT2D eigenvalue weighted by Crippen LogP contribution is 2.36. The van der Waals surface area contributed by atoms with E-state index in [4.69, 9.17) is 23.2 Å². The Bertz CT molecular complexity index is 1240. The van der Waals surface area contributed by atoms with E-state index < -0.39 is 0 Å². The molecule has 0 radical (unpaired) electrons. The Morgan fingerprint density at radius 1 is 1.10 bits per heavy atom. The van der Waals surface area contributed by atoms with Gasteiger partial charge in [-0.25, -0.2) is 4.98 Å². The van der Waals surface area contributed by atoms with Crippen molar-refractivity contribution >= 4 is 57.5 Å². The van der Waals surface area contributed by atoms with Crippen molar-refractivity contribution in [2.45, 2.75) is 5.03 Å². The van der Waals surface area contributed by atoms with Crippen molar-refractivity contribution in [1.29, 1.82) is 0 Å². The molecule has 0 atom stereocenters. The van der Waals surface area contributed by atoms with E-state index >= 15 is 0 Å². The molecule has 4 aromatic rings. The fourth-order valence-corrected chi connectivity index (χ4v) is 4.85. The SMILES string of the molecule is O=C(NN1CSc2ncccc21)c1ccc2cc(-c3c(Cl)cccc3Cl)[nH]c2c1. The monoisotopic (exact) mass is 440 g/mol. The summed E-state index contributed by atoms with van der Waals surface area (Å²) in [7, 11) is 0. The van der Waals surface area contributed by atoms with Gasteiger partial charge in [0.2, 0.25) is 0 Å². The smallest absolute Gasteiger partial charge is 0.269 e. The van der Waals surface area contributed by atoms with Gasteiger partial charge in [0, 0.05) is 33.9 Å². The first-order chi connectivity index (χ1) is 14.1. The Balaban J connectivity index is 1.44. The van der Waals surface area contributed by atoms with E-state index in [-0.39, 0.29) is 5.91 Å². The van der Waals surface area contributed by atoms with Crippen molar-refractivity contribution in [3.05, 3.63) is 76.4 Å². The Kier molecular flexibility index (Phi) is 4.62. The zero-order valence-electron chi connectivity index (χ0n) is 14.9. The van der Waals surface area contributed by atoms with Crippen LogP contribution in [0, 0.1) is 0 Å². The molecule has 29 heavy (non-hydrogen) atoms. The van der Waals surface area contributed by atoms with Crippen LogP contribution in [0.15, 0.2) is 65.8 Å². The molecular formula is C21H14Cl2N4OS. The first-order valence-corrected chi connectivity index (χ1v) is 10.6. The number of nitrogens with zero attached hydrogens (tertiary/aromatic N) is 2. The zero-order chi connectivity index (χ0) is 20.0. The number of hydrazine groups is 1. The number of aromatic amines is 1. The second-order valence-corrected chi connectivity index (χ2v) is 8.30. The lowest BCUT2D eigenvalue weighted by molar-refractivity contribution is 0.0951. The van der Waals surface area contributed by atoms with Crippen molar-refractivity contribution in [3.63, 3.8) is 0 Å². The summed E-state index contributed by atoms with van der Waals surface area (Å²) in [4.78, 5) is 20.4. The quantitative estimate of drug-likeness (QED) is 0.425. The van der Waals surface area contributed by atoms with Crippen molar-refractivity contribution < 1.29 is 4.79 Å². The van der Waals surface area contributed by atoms with Crippen LogP contribution in [0.4, 0.5) is 5.69 Å². The van der Waals surface area contributed by atoms with Crippen molar-refractivity contribution in [1.82, 2.24) is 15.4 Å². The number of amides is 1. The standard InChI is InChI=1S/C21H14Cl2N4OS/c22-14-3-1-4-15(23)19(14)17-9-12-6-7-13(10-16(12)25-17)20(28)26-27-11-29-21-18(27)5-2-8-24-21/h1-10,25H,11H2,(H,26,28). The number of fused-ring (bicyclic) bond motifs is 2. The maximum Gasteiger partial charge on any atom is 0.269 e. The minimum absolute atomic E-state index is 0.184. The minimum atomic E-state index is -0.184. The summed E-state index contributed by atoms with van der Waals surface area (Å²) in [6, 6.07) is 16.7. The number of thioether (sulfide) groups is 1. The van der Waals surface area contributed by atoms with Crippen LogP contribution in [0.2, 0.25) is 10.0 Å². The van der Waals surface area contributed by atoms with Crippen LogP contribution < -0.4 is 10.4 Å². The topological polar surface area (TPSA) is 61.0 Å². The van der Waals surface area contributed by atoms with Crippen LogP contribution in [-0.4, -0.2) is 21.8 Å². The molecule has 0 saturated carbocycles. The highest BCUT2D eigenvalue weighted by molar-refractivity contribution is 7.99. The van der Waals surface area contributed by atoms with E-state index in [1.54, 1.807) is 36.2 Å². The van der Waals surface area contributed by atoms with E-state index in [0.29, 0.717) is 21.5 Å². The summed E-state index contributed by atoms with van der Waals surface area (Å²) in [5, 5.41) is 4.83. The molecular weight excluding hydrogens is 427 g/mol. The number of rotatable bonds is 3. The minimum Gasteiger partial charge on any atom is -0.354 e. The van der Waals surface area contributed by atoms with Gasteiger partial charge in [-0.1, -0.05) is 47.1 Å². The van der Waals surface area contributed by atoms with Gasteiger partial charge in [0.25, 0.3) is 5.91 Å². The Morgan fingerprint density at radius 3 is 2.76 bits per heavy atom. The second-order valence-electron chi connectivity index (χ2n) is 6.55. The number of anilines is 1. The third-order valence-corrected chi connectivity index (χ3v) is 6.33. The number of benzene rings is 2. The predicted molar refractivity (Wildman–Crippen MR) is 119 cm³/mol. The van der Waals surface area contributed by atoms with E-state index in [1.165, 1.54) is 0 Å². The third kappa shape index (κ3) is 3.33. The van der Waals surface area contributed by atoms with Gasteiger partial charge >= 0.3 is 0 Å². The normalized spacial score (nSPS) is 13.0. The van der Waals surface area contributed by atoms with Crippen LogP contribution in [0.25, 0.3) is 22.2 Å². The lowest BCUT2D eigenvalue weighted by Crippen LogP contribution is -2.40.